The van der Waals surface area contributed by atoms with Crippen molar-refractivity contribution in [3.63, 3.8) is 0 Å². The van der Waals surface area contributed by atoms with Gasteiger partial charge < -0.3 is 15.6 Å². The first-order valence-electron chi connectivity index (χ1n) is 7.07. The van der Waals surface area contributed by atoms with Crippen molar-refractivity contribution in [2.75, 3.05) is 6.54 Å². The zero-order valence-electron chi connectivity index (χ0n) is 12.1. The highest BCUT2D eigenvalue weighted by Gasteiger charge is 2.17. The normalized spacial score (nSPS) is 18.8. The first kappa shape index (κ1) is 13.9. The lowest BCUT2D eigenvalue weighted by molar-refractivity contribution is 0.391. The van der Waals surface area contributed by atoms with Gasteiger partial charge in [-0.2, -0.15) is 0 Å². The van der Waals surface area contributed by atoms with Crippen molar-refractivity contribution in [3.8, 4) is 0 Å². The van der Waals surface area contributed by atoms with E-state index in [4.69, 9.17) is 10.3 Å². The van der Waals surface area contributed by atoms with Gasteiger partial charge in [0.2, 0.25) is 0 Å². The first-order valence-corrected chi connectivity index (χ1v) is 7.07. The van der Waals surface area contributed by atoms with Crippen LogP contribution in [0.5, 0.6) is 0 Å². The topological polar surface area (TPSA) is 76.4 Å². The maximum absolute atomic E-state index is 5.93. The average molecular weight is 264 g/mol. The summed E-state index contributed by atoms with van der Waals surface area (Å²) in [6, 6.07) is 0.512. The Hall–Kier alpha value is -1.52. The van der Waals surface area contributed by atoms with Crippen LogP contribution in [0.2, 0.25) is 0 Å². The molecule has 1 aliphatic carbocycles. The van der Waals surface area contributed by atoms with Crippen molar-refractivity contribution in [2.24, 2.45) is 10.7 Å². The third-order valence-corrected chi connectivity index (χ3v) is 3.82. The van der Waals surface area contributed by atoms with E-state index in [1.165, 1.54) is 25.7 Å². The number of hydrogen-bond acceptors (Lipinski definition) is 3. The molecule has 3 N–H and O–H groups in total. The van der Waals surface area contributed by atoms with Gasteiger partial charge in [0.25, 0.3) is 0 Å². The second-order valence-electron chi connectivity index (χ2n) is 5.49. The Balaban J connectivity index is 1.89. The van der Waals surface area contributed by atoms with E-state index >= 15 is 0 Å². The predicted molar refractivity (Wildman–Crippen MR) is 76.3 cm³/mol. The van der Waals surface area contributed by atoms with Gasteiger partial charge in [-0.3, -0.25) is 4.99 Å². The van der Waals surface area contributed by atoms with E-state index < -0.39 is 0 Å². The molecule has 0 radical (unpaired) electrons. The van der Waals surface area contributed by atoms with Gasteiger partial charge in [0.05, 0.1) is 5.69 Å². The number of guanidine groups is 1. The number of rotatable bonds is 4. The third kappa shape index (κ3) is 3.49. The molecule has 19 heavy (non-hydrogen) atoms. The van der Waals surface area contributed by atoms with E-state index in [-0.39, 0.29) is 5.92 Å². The summed E-state index contributed by atoms with van der Waals surface area (Å²) in [5, 5.41) is 7.27. The molecule has 106 valence electrons. The van der Waals surface area contributed by atoms with Crippen molar-refractivity contribution < 1.29 is 4.52 Å². The number of aryl methyl sites for hydroxylation is 2. The quantitative estimate of drug-likeness (QED) is 0.646. The lowest BCUT2D eigenvalue weighted by atomic mass is 10.00. The highest BCUT2D eigenvalue weighted by Crippen LogP contribution is 2.23. The van der Waals surface area contributed by atoms with Crippen LogP contribution in [0.3, 0.4) is 0 Å². The van der Waals surface area contributed by atoms with Gasteiger partial charge in [-0.15, -0.1) is 0 Å². The number of nitrogens with two attached hydrogens (primary N) is 1. The number of nitrogens with one attached hydrogen (secondary N) is 1. The molecule has 0 amide bonds. The van der Waals surface area contributed by atoms with Crippen LogP contribution in [0, 0.1) is 13.8 Å². The molecule has 0 aliphatic heterocycles. The molecule has 0 saturated heterocycles. The van der Waals surface area contributed by atoms with Crippen molar-refractivity contribution in [1.29, 1.82) is 0 Å². The van der Waals surface area contributed by atoms with Crippen LogP contribution in [0.25, 0.3) is 0 Å². The molecule has 1 atom stereocenters. The van der Waals surface area contributed by atoms with Gasteiger partial charge in [0.15, 0.2) is 5.96 Å². The molecule has 1 saturated carbocycles. The standard InChI is InChI=1S/C14H24N4O/c1-9(13-10(2)18-19-11(13)3)8-16-14(15)17-12-6-4-5-7-12/h9,12H,4-8H2,1-3H3,(H3,15,16,17). The highest BCUT2D eigenvalue weighted by molar-refractivity contribution is 5.78. The summed E-state index contributed by atoms with van der Waals surface area (Å²) < 4.78 is 5.19. The summed E-state index contributed by atoms with van der Waals surface area (Å²) >= 11 is 0. The van der Waals surface area contributed by atoms with Crippen LogP contribution in [0.1, 0.15) is 55.5 Å². The minimum absolute atomic E-state index is 0.273. The molecule has 1 heterocycles. The fraction of sp³-hybridized carbons (Fsp3) is 0.714. The third-order valence-electron chi connectivity index (χ3n) is 3.82. The minimum atomic E-state index is 0.273. The zero-order valence-corrected chi connectivity index (χ0v) is 12.1. The number of nitrogens with zero attached hydrogens (tertiary/aromatic N) is 2. The second kappa shape index (κ2) is 6.08. The largest absolute Gasteiger partial charge is 0.370 e. The van der Waals surface area contributed by atoms with E-state index in [9.17, 15) is 0 Å². The van der Waals surface area contributed by atoms with Crippen LogP contribution in [0.15, 0.2) is 9.52 Å². The fourth-order valence-corrected chi connectivity index (χ4v) is 2.85. The fourth-order valence-electron chi connectivity index (χ4n) is 2.85. The van der Waals surface area contributed by atoms with Crippen molar-refractivity contribution in [3.05, 3.63) is 17.0 Å². The van der Waals surface area contributed by atoms with Crippen LogP contribution >= 0.6 is 0 Å². The summed E-state index contributed by atoms with van der Waals surface area (Å²) in [5.74, 6) is 1.71. The van der Waals surface area contributed by atoms with Crippen LogP contribution < -0.4 is 11.1 Å². The predicted octanol–water partition coefficient (Wildman–Crippen LogP) is 2.24. The molecule has 5 heteroatoms. The first-order chi connectivity index (χ1) is 9.08. The zero-order chi connectivity index (χ0) is 13.8. The molecule has 1 unspecified atom stereocenters. The van der Waals surface area contributed by atoms with Gasteiger partial charge in [-0.05, 0) is 26.7 Å². The number of aromatic nitrogens is 1. The van der Waals surface area contributed by atoms with Gasteiger partial charge in [0.1, 0.15) is 5.76 Å². The van der Waals surface area contributed by atoms with E-state index in [2.05, 4.69) is 22.4 Å². The summed E-state index contributed by atoms with van der Waals surface area (Å²) in [6.07, 6.45) is 4.99. The molecule has 1 aliphatic rings. The van der Waals surface area contributed by atoms with Gasteiger partial charge in [-0.25, -0.2) is 0 Å². The van der Waals surface area contributed by atoms with Crippen LogP contribution in [0.4, 0.5) is 0 Å². The molecule has 0 bridgehead atoms. The number of hydrogen-bond donors (Lipinski definition) is 2. The molecule has 0 aromatic carbocycles. The molecular formula is C14H24N4O. The average Bonchev–Trinajstić information content (AvgIpc) is 2.97. The second-order valence-corrected chi connectivity index (χ2v) is 5.49. The molecule has 2 rings (SSSR count). The Kier molecular flexibility index (Phi) is 4.45. The van der Waals surface area contributed by atoms with Gasteiger partial charge in [0, 0.05) is 24.1 Å². The monoisotopic (exact) mass is 264 g/mol. The molecular weight excluding hydrogens is 240 g/mol. The Bertz CT molecular complexity index is 427. The van der Waals surface area contributed by atoms with Crippen LogP contribution in [-0.4, -0.2) is 23.7 Å². The Morgan fingerprint density at radius 3 is 2.74 bits per heavy atom. The maximum atomic E-state index is 5.93. The van der Waals surface area contributed by atoms with Crippen molar-refractivity contribution in [1.82, 2.24) is 10.5 Å². The minimum Gasteiger partial charge on any atom is -0.370 e. The van der Waals surface area contributed by atoms with E-state index in [1.807, 2.05) is 13.8 Å². The van der Waals surface area contributed by atoms with Crippen LogP contribution in [-0.2, 0) is 0 Å². The molecule has 5 nitrogen and oxygen atoms in total. The van der Waals surface area contributed by atoms with E-state index in [1.54, 1.807) is 0 Å². The summed E-state index contributed by atoms with van der Waals surface area (Å²) in [6.45, 7) is 6.69. The molecule has 1 aromatic rings. The summed E-state index contributed by atoms with van der Waals surface area (Å²) in [5.41, 5.74) is 8.03. The number of aliphatic imine (C=N–C) groups is 1. The van der Waals surface area contributed by atoms with Gasteiger partial charge in [-0.1, -0.05) is 24.9 Å². The molecule has 1 aromatic heterocycles. The van der Waals surface area contributed by atoms with E-state index in [0.717, 1.165) is 17.0 Å². The Morgan fingerprint density at radius 1 is 1.47 bits per heavy atom. The molecule has 1 fully saturated rings. The lowest BCUT2D eigenvalue weighted by Crippen LogP contribution is -2.38. The Morgan fingerprint density at radius 2 is 2.16 bits per heavy atom. The lowest BCUT2D eigenvalue weighted by Gasteiger charge is -2.13. The summed E-state index contributed by atoms with van der Waals surface area (Å²) in [7, 11) is 0. The SMILES string of the molecule is Cc1noc(C)c1C(C)CN=C(N)NC1CCCC1. The van der Waals surface area contributed by atoms with E-state index in [0.29, 0.717) is 18.5 Å². The van der Waals surface area contributed by atoms with Crippen molar-refractivity contribution in [2.45, 2.75) is 58.4 Å². The molecule has 0 spiro atoms. The van der Waals surface area contributed by atoms with Crippen molar-refractivity contribution >= 4 is 5.96 Å². The smallest absolute Gasteiger partial charge is 0.188 e. The van der Waals surface area contributed by atoms with Gasteiger partial charge >= 0.3 is 0 Å². The Labute approximate surface area is 114 Å². The summed E-state index contributed by atoms with van der Waals surface area (Å²) in [4.78, 5) is 4.44. The highest BCUT2D eigenvalue weighted by atomic mass is 16.5. The maximum Gasteiger partial charge on any atom is 0.188 e.